The van der Waals surface area contributed by atoms with E-state index in [1.165, 1.54) is 0 Å². The van der Waals surface area contributed by atoms with Gasteiger partial charge in [-0.3, -0.25) is 9.59 Å². The molecular weight excluding hydrogens is 334 g/mol. The Kier molecular flexibility index (Phi) is 5.55. The predicted molar refractivity (Wildman–Crippen MR) is 94.9 cm³/mol. The summed E-state index contributed by atoms with van der Waals surface area (Å²) in [6, 6.07) is 6.97. The van der Waals surface area contributed by atoms with E-state index in [1.807, 2.05) is 13.8 Å². The number of aromatic nitrogens is 1. The van der Waals surface area contributed by atoms with E-state index in [0.29, 0.717) is 17.1 Å². The SMILES string of the molecule is Cc1noc(C)c1COc1ccccc1C(=O)NCC(=O)N1CCCC1. The highest BCUT2D eigenvalue weighted by Gasteiger charge is 2.20. The summed E-state index contributed by atoms with van der Waals surface area (Å²) in [5, 5.41) is 6.59. The molecule has 138 valence electrons. The zero-order chi connectivity index (χ0) is 18.5. The molecule has 1 fully saturated rings. The van der Waals surface area contributed by atoms with E-state index in [2.05, 4.69) is 10.5 Å². The zero-order valence-corrected chi connectivity index (χ0v) is 15.1. The van der Waals surface area contributed by atoms with Gasteiger partial charge in [-0.15, -0.1) is 0 Å². The standard InChI is InChI=1S/C19H23N3O4/c1-13-16(14(2)26-21-13)12-25-17-8-4-3-7-15(17)19(24)20-11-18(23)22-9-5-6-10-22/h3-4,7-8H,5-6,9-12H2,1-2H3,(H,20,24). The van der Waals surface area contributed by atoms with Crippen molar-refractivity contribution < 1.29 is 18.8 Å². The third-order valence-electron chi connectivity index (χ3n) is 4.54. The number of amides is 2. The van der Waals surface area contributed by atoms with Crippen LogP contribution in [0.1, 0.15) is 40.2 Å². The van der Waals surface area contributed by atoms with Gasteiger partial charge in [0.15, 0.2) is 0 Å². The Morgan fingerprint density at radius 2 is 1.96 bits per heavy atom. The van der Waals surface area contributed by atoms with Gasteiger partial charge in [0.05, 0.1) is 23.4 Å². The highest BCUT2D eigenvalue weighted by Crippen LogP contribution is 2.21. The molecular formula is C19H23N3O4. The van der Waals surface area contributed by atoms with Crippen LogP contribution in [0.4, 0.5) is 0 Å². The van der Waals surface area contributed by atoms with Gasteiger partial charge in [-0.05, 0) is 38.8 Å². The van der Waals surface area contributed by atoms with E-state index in [1.54, 1.807) is 29.2 Å². The molecule has 2 aromatic rings. The van der Waals surface area contributed by atoms with Gasteiger partial charge in [0.1, 0.15) is 18.1 Å². The third-order valence-corrected chi connectivity index (χ3v) is 4.54. The summed E-state index contributed by atoms with van der Waals surface area (Å²) in [6.07, 6.45) is 2.05. The van der Waals surface area contributed by atoms with Gasteiger partial charge in [-0.2, -0.15) is 0 Å². The lowest BCUT2D eigenvalue weighted by Crippen LogP contribution is -2.38. The predicted octanol–water partition coefficient (Wildman–Crippen LogP) is 2.22. The molecule has 1 N–H and O–H groups in total. The molecule has 7 nitrogen and oxygen atoms in total. The van der Waals surface area contributed by atoms with Crippen LogP contribution in [0, 0.1) is 13.8 Å². The van der Waals surface area contributed by atoms with Crippen molar-refractivity contribution in [3.05, 3.63) is 46.8 Å². The van der Waals surface area contributed by atoms with Crippen LogP contribution in [0.5, 0.6) is 5.75 Å². The number of carbonyl (C=O) groups excluding carboxylic acids is 2. The molecule has 1 saturated heterocycles. The van der Waals surface area contributed by atoms with Crippen LogP contribution in [0.25, 0.3) is 0 Å². The van der Waals surface area contributed by atoms with Gasteiger partial charge in [0.2, 0.25) is 5.91 Å². The molecule has 0 saturated carbocycles. The van der Waals surface area contributed by atoms with E-state index in [4.69, 9.17) is 9.26 Å². The fourth-order valence-electron chi connectivity index (χ4n) is 2.97. The van der Waals surface area contributed by atoms with E-state index < -0.39 is 0 Å². The summed E-state index contributed by atoms with van der Waals surface area (Å²) in [5.41, 5.74) is 2.03. The summed E-state index contributed by atoms with van der Waals surface area (Å²) < 4.78 is 10.9. The first-order valence-electron chi connectivity index (χ1n) is 8.76. The van der Waals surface area contributed by atoms with Crippen LogP contribution in [-0.2, 0) is 11.4 Å². The lowest BCUT2D eigenvalue weighted by molar-refractivity contribution is -0.129. The second-order valence-corrected chi connectivity index (χ2v) is 6.36. The van der Waals surface area contributed by atoms with E-state index in [-0.39, 0.29) is 25.0 Å². The van der Waals surface area contributed by atoms with Crippen molar-refractivity contribution in [3.8, 4) is 5.75 Å². The number of hydrogen-bond acceptors (Lipinski definition) is 5. The van der Waals surface area contributed by atoms with E-state index in [0.717, 1.165) is 37.2 Å². The molecule has 0 bridgehead atoms. The second-order valence-electron chi connectivity index (χ2n) is 6.36. The summed E-state index contributed by atoms with van der Waals surface area (Å²) in [4.78, 5) is 26.3. The Hall–Kier alpha value is -2.83. The van der Waals surface area contributed by atoms with Gasteiger partial charge >= 0.3 is 0 Å². The van der Waals surface area contributed by atoms with Crippen molar-refractivity contribution in [2.75, 3.05) is 19.6 Å². The van der Waals surface area contributed by atoms with Crippen molar-refractivity contribution in [1.29, 1.82) is 0 Å². The Labute approximate surface area is 152 Å². The van der Waals surface area contributed by atoms with Crippen molar-refractivity contribution in [3.63, 3.8) is 0 Å². The number of nitrogens with one attached hydrogen (secondary N) is 1. The van der Waals surface area contributed by atoms with Crippen LogP contribution in [0.15, 0.2) is 28.8 Å². The number of aryl methyl sites for hydroxylation is 2. The summed E-state index contributed by atoms with van der Waals surface area (Å²) in [6.45, 7) is 5.46. The Balaban J connectivity index is 1.62. The number of benzene rings is 1. The first-order chi connectivity index (χ1) is 12.6. The maximum absolute atomic E-state index is 12.5. The van der Waals surface area contributed by atoms with Crippen LogP contribution in [0.3, 0.4) is 0 Å². The number of rotatable bonds is 6. The fourth-order valence-corrected chi connectivity index (χ4v) is 2.97. The van der Waals surface area contributed by atoms with Gasteiger partial charge < -0.3 is 19.5 Å². The minimum Gasteiger partial charge on any atom is -0.488 e. The van der Waals surface area contributed by atoms with Gasteiger partial charge in [0.25, 0.3) is 5.91 Å². The normalized spacial score (nSPS) is 13.7. The van der Waals surface area contributed by atoms with Crippen molar-refractivity contribution in [2.24, 2.45) is 0 Å². The van der Waals surface area contributed by atoms with Crippen LogP contribution in [0.2, 0.25) is 0 Å². The number of ether oxygens (including phenoxy) is 1. The molecule has 2 amide bonds. The molecule has 7 heteroatoms. The monoisotopic (exact) mass is 357 g/mol. The van der Waals surface area contributed by atoms with Crippen LogP contribution in [-0.4, -0.2) is 41.5 Å². The number of carbonyl (C=O) groups is 2. The first-order valence-corrected chi connectivity index (χ1v) is 8.76. The molecule has 2 heterocycles. The number of para-hydroxylation sites is 1. The molecule has 0 atom stereocenters. The zero-order valence-electron chi connectivity index (χ0n) is 15.1. The molecule has 26 heavy (non-hydrogen) atoms. The third kappa shape index (κ3) is 4.04. The molecule has 0 unspecified atom stereocenters. The van der Waals surface area contributed by atoms with Gasteiger partial charge in [-0.1, -0.05) is 17.3 Å². The number of hydrogen-bond donors (Lipinski definition) is 1. The Bertz CT molecular complexity index is 774. The minimum absolute atomic E-state index is 0.00294. The van der Waals surface area contributed by atoms with Crippen molar-refractivity contribution >= 4 is 11.8 Å². The Morgan fingerprint density at radius 1 is 1.23 bits per heavy atom. The largest absolute Gasteiger partial charge is 0.488 e. The van der Waals surface area contributed by atoms with Crippen LogP contribution < -0.4 is 10.1 Å². The minimum atomic E-state index is -0.327. The molecule has 0 aliphatic carbocycles. The van der Waals surface area contributed by atoms with E-state index >= 15 is 0 Å². The maximum atomic E-state index is 12.5. The summed E-state index contributed by atoms with van der Waals surface area (Å²) >= 11 is 0. The summed E-state index contributed by atoms with van der Waals surface area (Å²) in [5.74, 6) is 0.774. The summed E-state index contributed by atoms with van der Waals surface area (Å²) in [7, 11) is 0. The molecule has 1 aromatic carbocycles. The lowest BCUT2D eigenvalue weighted by Gasteiger charge is -2.16. The van der Waals surface area contributed by atoms with Gasteiger partial charge in [0, 0.05) is 13.1 Å². The van der Waals surface area contributed by atoms with Crippen molar-refractivity contribution in [1.82, 2.24) is 15.4 Å². The fraction of sp³-hybridized carbons (Fsp3) is 0.421. The second kappa shape index (κ2) is 8.03. The molecule has 1 aromatic heterocycles. The highest BCUT2D eigenvalue weighted by atomic mass is 16.5. The van der Waals surface area contributed by atoms with Crippen molar-refractivity contribution in [2.45, 2.75) is 33.3 Å². The average Bonchev–Trinajstić information content (AvgIpc) is 3.29. The number of likely N-dealkylation sites (tertiary alicyclic amines) is 1. The van der Waals surface area contributed by atoms with E-state index in [9.17, 15) is 9.59 Å². The molecule has 3 rings (SSSR count). The molecule has 1 aliphatic rings. The molecule has 1 aliphatic heterocycles. The molecule has 0 spiro atoms. The lowest BCUT2D eigenvalue weighted by atomic mass is 10.2. The average molecular weight is 357 g/mol. The molecule has 0 radical (unpaired) electrons. The van der Waals surface area contributed by atoms with Crippen LogP contribution >= 0.6 is 0 Å². The number of nitrogens with zero attached hydrogens (tertiary/aromatic N) is 2. The quantitative estimate of drug-likeness (QED) is 0.857. The maximum Gasteiger partial charge on any atom is 0.255 e. The smallest absolute Gasteiger partial charge is 0.255 e. The van der Waals surface area contributed by atoms with Gasteiger partial charge in [-0.25, -0.2) is 0 Å². The first kappa shape index (κ1) is 18.0. The Morgan fingerprint density at radius 3 is 2.65 bits per heavy atom. The highest BCUT2D eigenvalue weighted by molar-refractivity contribution is 5.98. The topological polar surface area (TPSA) is 84.7 Å².